The van der Waals surface area contributed by atoms with Crippen LogP contribution in [0.1, 0.15) is 26.7 Å². The topological polar surface area (TPSA) is 58.6 Å². The predicted molar refractivity (Wildman–Crippen MR) is 108 cm³/mol. The van der Waals surface area contributed by atoms with Crippen LogP contribution in [0.2, 0.25) is 5.02 Å². The fraction of sp³-hybridized carbons (Fsp3) is 0.368. The molecule has 2 aromatic rings. The summed E-state index contributed by atoms with van der Waals surface area (Å²) in [6.45, 7) is 6.24. The molecular weight excluding hydrogens is 372 g/mol. The number of methoxy groups -OCH3 is 1. The minimum Gasteiger partial charge on any atom is -0.495 e. The molecule has 2 rings (SSSR count). The molecule has 0 aliphatic carbocycles. The van der Waals surface area contributed by atoms with Crippen LogP contribution in [0.5, 0.6) is 5.75 Å². The van der Waals surface area contributed by atoms with Crippen LogP contribution in [-0.2, 0) is 10.0 Å². The molecule has 0 aromatic heterocycles. The van der Waals surface area contributed by atoms with Crippen molar-refractivity contribution in [3.8, 4) is 5.75 Å². The molecule has 0 amide bonds. The van der Waals surface area contributed by atoms with Crippen molar-refractivity contribution in [2.45, 2.75) is 31.6 Å². The van der Waals surface area contributed by atoms with Crippen LogP contribution >= 0.6 is 11.6 Å². The van der Waals surface area contributed by atoms with Crippen LogP contribution in [0.15, 0.2) is 47.4 Å². The third-order valence-corrected chi connectivity index (χ3v) is 5.58. The van der Waals surface area contributed by atoms with E-state index in [4.69, 9.17) is 16.3 Å². The Kier molecular flexibility index (Phi) is 7.17. The number of benzene rings is 2. The van der Waals surface area contributed by atoms with Gasteiger partial charge in [-0.2, -0.15) is 0 Å². The van der Waals surface area contributed by atoms with Crippen molar-refractivity contribution in [3.63, 3.8) is 0 Å². The molecule has 0 heterocycles. The third kappa shape index (κ3) is 5.05. The molecule has 0 bridgehead atoms. The molecule has 0 radical (unpaired) electrons. The highest BCUT2D eigenvalue weighted by atomic mass is 35.5. The quantitative estimate of drug-likeness (QED) is 0.662. The lowest BCUT2D eigenvalue weighted by molar-refractivity contribution is 0.414. The van der Waals surface area contributed by atoms with Gasteiger partial charge in [0.25, 0.3) is 10.0 Å². The Balaban J connectivity index is 2.18. The highest BCUT2D eigenvalue weighted by molar-refractivity contribution is 7.92. The Morgan fingerprint density at radius 1 is 1.04 bits per heavy atom. The summed E-state index contributed by atoms with van der Waals surface area (Å²) in [6.07, 6.45) is 2.12. The lowest BCUT2D eigenvalue weighted by atomic mass is 10.2. The van der Waals surface area contributed by atoms with Gasteiger partial charge in [-0.3, -0.25) is 4.72 Å². The molecule has 1 N–H and O–H groups in total. The summed E-state index contributed by atoms with van der Waals surface area (Å²) in [5.74, 6) is 0.432. The summed E-state index contributed by atoms with van der Waals surface area (Å²) >= 11 is 6.03. The Morgan fingerprint density at radius 2 is 1.65 bits per heavy atom. The first kappa shape index (κ1) is 20.4. The number of nitrogens with zero attached hydrogens (tertiary/aromatic N) is 1. The average Bonchev–Trinajstić information content (AvgIpc) is 2.62. The molecule has 0 unspecified atom stereocenters. The molecule has 7 heteroatoms. The Labute approximate surface area is 161 Å². The minimum atomic E-state index is -3.72. The SMILES string of the molecule is CCCN(CCC)c1ccc(NS(=O)(=O)c2ccc(OC)c(Cl)c2)cc1. The number of hydrogen-bond acceptors (Lipinski definition) is 4. The molecule has 26 heavy (non-hydrogen) atoms. The smallest absolute Gasteiger partial charge is 0.261 e. The third-order valence-electron chi connectivity index (χ3n) is 3.91. The lowest BCUT2D eigenvalue weighted by Gasteiger charge is -2.24. The number of anilines is 2. The number of nitrogens with one attached hydrogen (secondary N) is 1. The molecule has 2 aromatic carbocycles. The highest BCUT2D eigenvalue weighted by Crippen LogP contribution is 2.28. The van der Waals surface area contributed by atoms with E-state index in [1.807, 2.05) is 12.1 Å². The fourth-order valence-corrected chi connectivity index (χ4v) is 4.09. The molecule has 0 saturated carbocycles. The van der Waals surface area contributed by atoms with Crippen molar-refractivity contribution in [2.24, 2.45) is 0 Å². The number of halogens is 1. The Morgan fingerprint density at radius 3 is 2.15 bits per heavy atom. The van der Waals surface area contributed by atoms with Crippen LogP contribution in [-0.4, -0.2) is 28.6 Å². The summed E-state index contributed by atoms with van der Waals surface area (Å²) in [5.41, 5.74) is 1.60. The van der Waals surface area contributed by atoms with Crippen LogP contribution in [0.3, 0.4) is 0 Å². The number of rotatable bonds is 9. The molecule has 0 aliphatic heterocycles. The van der Waals surface area contributed by atoms with Gasteiger partial charge in [0, 0.05) is 24.5 Å². The number of sulfonamides is 1. The molecule has 0 spiro atoms. The molecule has 5 nitrogen and oxygen atoms in total. The summed E-state index contributed by atoms with van der Waals surface area (Å²) < 4.78 is 32.8. The minimum absolute atomic E-state index is 0.0889. The second-order valence-corrected chi connectivity index (χ2v) is 8.03. The predicted octanol–water partition coefficient (Wildman–Crippen LogP) is 4.78. The summed E-state index contributed by atoms with van der Waals surface area (Å²) in [6, 6.07) is 11.8. The molecule has 0 aliphatic rings. The van der Waals surface area contributed by atoms with Gasteiger partial charge in [0.2, 0.25) is 0 Å². The maximum absolute atomic E-state index is 12.6. The maximum Gasteiger partial charge on any atom is 0.261 e. The van der Waals surface area contributed by atoms with Gasteiger partial charge in [-0.05, 0) is 55.3 Å². The van der Waals surface area contributed by atoms with Gasteiger partial charge >= 0.3 is 0 Å². The van der Waals surface area contributed by atoms with Crippen molar-refractivity contribution >= 4 is 33.0 Å². The molecule has 142 valence electrons. The molecule has 0 atom stereocenters. The lowest BCUT2D eigenvalue weighted by Crippen LogP contribution is -2.24. The van der Waals surface area contributed by atoms with E-state index in [9.17, 15) is 8.42 Å². The zero-order valence-electron chi connectivity index (χ0n) is 15.3. The fourth-order valence-electron chi connectivity index (χ4n) is 2.68. The molecule has 0 saturated heterocycles. The van der Waals surface area contributed by atoms with Gasteiger partial charge in [-0.15, -0.1) is 0 Å². The van der Waals surface area contributed by atoms with Gasteiger partial charge in [0.1, 0.15) is 5.75 Å². The van der Waals surface area contributed by atoms with E-state index < -0.39 is 10.0 Å². The molecular formula is C19H25ClN2O3S. The van der Waals surface area contributed by atoms with Crippen molar-refractivity contribution in [1.29, 1.82) is 0 Å². The van der Waals surface area contributed by atoms with E-state index in [1.54, 1.807) is 12.1 Å². The summed E-state index contributed by atoms with van der Waals surface area (Å²) in [7, 11) is -2.24. The summed E-state index contributed by atoms with van der Waals surface area (Å²) in [4.78, 5) is 2.38. The highest BCUT2D eigenvalue weighted by Gasteiger charge is 2.16. The normalized spacial score (nSPS) is 11.2. The van der Waals surface area contributed by atoms with Crippen LogP contribution < -0.4 is 14.4 Å². The van der Waals surface area contributed by atoms with Gasteiger partial charge in [-0.25, -0.2) is 8.42 Å². The first-order valence-corrected chi connectivity index (χ1v) is 10.5. The summed E-state index contributed by atoms with van der Waals surface area (Å²) in [5, 5.41) is 0.250. The van der Waals surface area contributed by atoms with Crippen LogP contribution in [0.25, 0.3) is 0 Å². The second kappa shape index (κ2) is 9.14. The van der Waals surface area contributed by atoms with Gasteiger partial charge in [0.05, 0.1) is 17.0 Å². The number of ether oxygens (including phenoxy) is 1. The monoisotopic (exact) mass is 396 g/mol. The Bertz CT molecular complexity index is 817. The standard InChI is InChI=1S/C19H25ClN2O3S/c1-4-12-22(13-5-2)16-8-6-15(7-9-16)21-26(23,24)17-10-11-19(25-3)18(20)14-17/h6-11,14,21H,4-5,12-13H2,1-3H3. The number of hydrogen-bond donors (Lipinski definition) is 1. The zero-order chi connectivity index (χ0) is 19.2. The van der Waals surface area contributed by atoms with Crippen LogP contribution in [0.4, 0.5) is 11.4 Å². The van der Waals surface area contributed by atoms with Gasteiger partial charge in [-0.1, -0.05) is 25.4 Å². The van der Waals surface area contributed by atoms with Gasteiger partial charge in [0.15, 0.2) is 0 Å². The van der Waals surface area contributed by atoms with E-state index in [2.05, 4.69) is 23.5 Å². The Hall–Kier alpha value is -1.92. The van der Waals surface area contributed by atoms with E-state index in [0.29, 0.717) is 11.4 Å². The van der Waals surface area contributed by atoms with Crippen molar-refractivity contribution in [1.82, 2.24) is 0 Å². The van der Waals surface area contributed by atoms with Gasteiger partial charge < -0.3 is 9.64 Å². The first-order valence-electron chi connectivity index (χ1n) is 8.62. The van der Waals surface area contributed by atoms with E-state index in [1.165, 1.54) is 25.3 Å². The largest absolute Gasteiger partial charge is 0.495 e. The van der Waals surface area contributed by atoms with E-state index >= 15 is 0 Å². The van der Waals surface area contributed by atoms with Crippen LogP contribution in [0, 0.1) is 0 Å². The molecule has 0 fully saturated rings. The average molecular weight is 397 g/mol. The second-order valence-electron chi connectivity index (χ2n) is 5.94. The first-order chi connectivity index (χ1) is 12.4. The van der Waals surface area contributed by atoms with Crippen molar-refractivity contribution in [2.75, 3.05) is 29.8 Å². The van der Waals surface area contributed by atoms with E-state index in [-0.39, 0.29) is 9.92 Å². The van der Waals surface area contributed by atoms with E-state index in [0.717, 1.165) is 31.6 Å². The van der Waals surface area contributed by atoms with Crippen molar-refractivity contribution < 1.29 is 13.2 Å². The zero-order valence-corrected chi connectivity index (χ0v) is 16.9. The maximum atomic E-state index is 12.6. The van der Waals surface area contributed by atoms with Crippen molar-refractivity contribution in [3.05, 3.63) is 47.5 Å².